The van der Waals surface area contributed by atoms with Crippen LogP contribution in [0.1, 0.15) is 32.6 Å². The van der Waals surface area contributed by atoms with Crippen molar-refractivity contribution >= 4 is 21.6 Å². The number of carbonyl (C=O) groups is 1. The second-order valence-electron chi connectivity index (χ2n) is 7.83. The van der Waals surface area contributed by atoms with Gasteiger partial charge in [0.05, 0.1) is 11.4 Å². The summed E-state index contributed by atoms with van der Waals surface area (Å²) in [7, 11) is -3.84. The van der Waals surface area contributed by atoms with Gasteiger partial charge < -0.3 is 10.1 Å². The number of anilines is 1. The molecule has 32 heavy (non-hydrogen) atoms. The number of carbonyl (C=O) groups excluding carboxylic acids is 1. The molecule has 0 saturated heterocycles. The van der Waals surface area contributed by atoms with Gasteiger partial charge in [-0.3, -0.25) is 9.52 Å². The summed E-state index contributed by atoms with van der Waals surface area (Å²) in [5, 5.41) is 2.78. The van der Waals surface area contributed by atoms with Crippen LogP contribution in [0.4, 0.5) is 5.69 Å². The van der Waals surface area contributed by atoms with E-state index in [4.69, 9.17) is 4.74 Å². The molecule has 168 valence electrons. The molecule has 3 aromatic rings. The van der Waals surface area contributed by atoms with Crippen molar-refractivity contribution in [2.75, 3.05) is 17.9 Å². The van der Waals surface area contributed by atoms with Gasteiger partial charge in [-0.05, 0) is 74.7 Å². The van der Waals surface area contributed by atoms with Crippen molar-refractivity contribution in [1.29, 1.82) is 0 Å². The fraction of sp³-hybridized carbons (Fsp3) is 0.240. The molecule has 0 saturated carbocycles. The average Bonchev–Trinajstić information content (AvgIpc) is 2.72. The zero-order valence-electron chi connectivity index (χ0n) is 18.7. The van der Waals surface area contributed by atoms with Gasteiger partial charge in [0.1, 0.15) is 12.4 Å². The second-order valence-corrected chi connectivity index (χ2v) is 9.48. The van der Waals surface area contributed by atoms with Crippen LogP contribution in [0, 0.1) is 27.7 Å². The highest BCUT2D eigenvalue weighted by molar-refractivity contribution is 7.92. The van der Waals surface area contributed by atoms with E-state index in [9.17, 15) is 13.2 Å². The minimum atomic E-state index is -3.84. The fourth-order valence-electron chi connectivity index (χ4n) is 3.34. The SMILES string of the molecule is Cc1cccc(NS(=O)(=O)c2cc(C(=O)NCCOc3ccc(C)cc3C)ccc2C)c1. The largest absolute Gasteiger partial charge is 0.491 e. The molecular weight excluding hydrogens is 424 g/mol. The Kier molecular flexibility index (Phi) is 7.20. The summed E-state index contributed by atoms with van der Waals surface area (Å²) < 4.78 is 34.2. The first kappa shape index (κ1) is 23.3. The number of ether oxygens (including phenoxy) is 1. The van der Waals surface area contributed by atoms with Crippen LogP contribution >= 0.6 is 0 Å². The summed E-state index contributed by atoms with van der Waals surface area (Å²) in [4.78, 5) is 12.6. The maximum absolute atomic E-state index is 12.9. The van der Waals surface area contributed by atoms with E-state index in [-0.39, 0.29) is 16.4 Å². The fourth-order valence-corrected chi connectivity index (χ4v) is 4.66. The molecule has 0 aliphatic rings. The quantitative estimate of drug-likeness (QED) is 0.492. The van der Waals surface area contributed by atoms with Gasteiger partial charge in [0.15, 0.2) is 0 Å². The molecule has 1 amide bonds. The van der Waals surface area contributed by atoms with Gasteiger partial charge in [-0.2, -0.15) is 0 Å². The lowest BCUT2D eigenvalue weighted by Gasteiger charge is -2.13. The summed E-state index contributed by atoms with van der Waals surface area (Å²) in [6.07, 6.45) is 0. The van der Waals surface area contributed by atoms with Crippen molar-refractivity contribution in [3.8, 4) is 5.75 Å². The topological polar surface area (TPSA) is 84.5 Å². The Labute approximate surface area is 189 Å². The molecule has 0 fully saturated rings. The maximum atomic E-state index is 12.9. The van der Waals surface area contributed by atoms with E-state index in [2.05, 4.69) is 10.0 Å². The number of sulfonamides is 1. The number of hydrogen-bond acceptors (Lipinski definition) is 4. The molecule has 0 radical (unpaired) electrons. The minimum absolute atomic E-state index is 0.0678. The van der Waals surface area contributed by atoms with Crippen LogP contribution in [0.2, 0.25) is 0 Å². The third-order valence-corrected chi connectivity index (χ3v) is 6.51. The summed E-state index contributed by atoms with van der Waals surface area (Å²) >= 11 is 0. The number of hydrogen-bond donors (Lipinski definition) is 2. The Bertz CT molecular complexity index is 1240. The smallest absolute Gasteiger partial charge is 0.262 e. The predicted octanol–water partition coefficient (Wildman–Crippen LogP) is 4.53. The lowest BCUT2D eigenvalue weighted by atomic mass is 10.1. The lowest BCUT2D eigenvalue weighted by Crippen LogP contribution is -2.28. The van der Waals surface area contributed by atoms with Gasteiger partial charge in [0.25, 0.3) is 15.9 Å². The van der Waals surface area contributed by atoms with Crippen LogP contribution in [0.5, 0.6) is 5.75 Å². The summed E-state index contributed by atoms with van der Waals surface area (Å²) in [5.74, 6) is 0.414. The number of benzene rings is 3. The number of aryl methyl sites for hydroxylation is 4. The Morgan fingerprint density at radius 2 is 1.62 bits per heavy atom. The monoisotopic (exact) mass is 452 g/mol. The van der Waals surface area contributed by atoms with Crippen LogP contribution in [0.15, 0.2) is 65.6 Å². The Balaban J connectivity index is 1.65. The normalized spacial score (nSPS) is 11.1. The number of rotatable bonds is 8. The van der Waals surface area contributed by atoms with Crippen LogP contribution in [0.25, 0.3) is 0 Å². The molecule has 0 spiro atoms. The van der Waals surface area contributed by atoms with Gasteiger partial charge in [-0.25, -0.2) is 8.42 Å². The van der Waals surface area contributed by atoms with Gasteiger partial charge >= 0.3 is 0 Å². The van der Waals surface area contributed by atoms with Gasteiger partial charge in [-0.15, -0.1) is 0 Å². The Morgan fingerprint density at radius 1 is 0.875 bits per heavy atom. The number of nitrogens with one attached hydrogen (secondary N) is 2. The molecule has 2 N–H and O–H groups in total. The summed E-state index contributed by atoms with van der Waals surface area (Å²) in [6, 6.07) is 17.7. The molecule has 0 aromatic heterocycles. The van der Waals surface area contributed by atoms with Crippen LogP contribution in [0.3, 0.4) is 0 Å². The summed E-state index contributed by atoms with van der Waals surface area (Å²) in [5.41, 5.74) is 4.43. The summed E-state index contributed by atoms with van der Waals surface area (Å²) in [6.45, 7) is 8.18. The highest BCUT2D eigenvalue weighted by Crippen LogP contribution is 2.22. The van der Waals surface area contributed by atoms with Gasteiger partial charge in [-0.1, -0.05) is 35.9 Å². The van der Waals surface area contributed by atoms with E-state index < -0.39 is 10.0 Å². The molecule has 0 bridgehead atoms. The molecule has 0 atom stereocenters. The molecule has 3 rings (SSSR count). The first-order valence-electron chi connectivity index (χ1n) is 10.3. The van der Waals surface area contributed by atoms with Crippen LogP contribution in [-0.2, 0) is 10.0 Å². The van der Waals surface area contributed by atoms with Crippen molar-refractivity contribution in [2.24, 2.45) is 0 Å². The lowest BCUT2D eigenvalue weighted by molar-refractivity contribution is 0.0946. The standard InChI is InChI=1S/C25H28N2O4S/c1-17-6-5-7-22(15-17)27-32(29,30)24-16-21(10-9-19(24)3)25(28)26-12-13-31-23-11-8-18(2)14-20(23)4/h5-11,14-16,27H,12-13H2,1-4H3,(H,26,28). The minimum Gasteiger partial charge on any atom is -0.491 e. The first-order chi connectivity index (χ1) is 15.2. The molecule has 0 heterocycles. The van der Waals surface area contributed by atoms with E-state index in [0.717, 1.165) is 22.4 Å². The molecule has 0 aliphatic carbocycles. The Hall–Kier alpha value is -3.32. The van der Waals surface area contributed by atoms with E-state index >= 15 is 0 Å². The van der Waals surface area contributed by atoms with Crippen molar-refractivity contribution in [2.45, 2.75) is 32.6 Å². The maximum Gasteiger partial charge on any atom is 0.262 e. The number of amides is 1. The van der Waals surface area contributed by atoms with Gasteiger partial charge in [0.2, 0.25) is 0 Å². The van der Waals surface area contributed by atoms with Crippen molar-refractivity contribution in [1.82, 2.24) is 5.32 Å². The molecular formula is C25H28N2O4S. The van der Waals surface area contributed by atoms with Crippen LogP contribution in [-0.4, -0.2) is 27.5 Å². The highest BCUT2D eigenvalue weighted by atomic mass is 32.2. The highest BCUT2D eigenvalue weighted by Gasteiger charge is 2.19. The molecule has 0 aliphatic heterocycles. The average molecular weight is 453 g/mol. The zero-order valence-corrected chi connectivity index (χ0v) is 19.5. The van der Waals surface area contributed by atoms with Crippen molar-refractivity contribution in [3.63, 3.8) is 0 Å². The second kappa shape index (κ2) is 9.87. The van der Waals surface area contributed by atoms with Crippen molar-refractivity contribution < 1.29 is 17.9 Å². The molecule has 7 heteroatoms. The van der Waals surface area contributed by atoms with E-state index in [1.807, 2.05) is 45.0 Å². The molecule has 6 nitrogen and oxygen atoms in total. The van der Waals surface area contributed by atoms with E-state index in [1.54, 1.807) is 37.3 Å². The van der Waals surface area contributed by atoms with Gasteiger partial charge in [0, 0.05) is 11.3 Å². The third kappa shape index (κ3) is 5.88. The third-order valence-electron chi connectivity index (χ3n) is 4.99. The Morgan fingerprint density at radius 3 is 2.34 bits per heavy atom. The van der Waals surface area contributed by atoms with Crippen molar-refractivity contribution in [3.05, 3.63) is 88.5 Å². The van der Waals surface area contributed by atoms with E-state index in [0.29, 0.717) is 24.4 Å². The zero-order chi connectivity index (χ0) is 23.3. The molecule has 0 unspecified atom stereocenters. The van der Waals surface area contributed by atoms with E-state index in [1.165, 1.54) is 6.07 Å². The predicted molar refractivity (Wildman–Crippen MR) is 127 cm³/mol. The molecule has 3 aromatic carbocycles. The first-order valence-corrected chi connectivity index (χ1v) is 11.8. The van der Waals surface area contributed by atoms with Crippen LogP contribution < -0.4 is 14.8 Å².